The molecule has 5 nitrogen and oxygen atoms in total. The van der Waals surface area contributed by atoms with E-state index in [1.165, 1.54) is 5.57 Å². The van der Waals surface area contributed by atoms with Crippen molar-refractivity contribution in [3.05, 3.63) is 64.5 Å². The highest BCUT2D eigenvalue weighted by Gasteiger charge is 2.46. The molecule has 1 aromatic heterocycles. The monoisotopic (exact) mass is 448 g/mol. The van der Waals surface area contributed by atoms with Crippen LogP contribution >= 0.6 is 0 Å². The van der Waals surface area contributed by atoms with E-state index in [2.05, 4.69) is 44.1 Å². The van der Waals surface area contributed by atoms with Crippen LogP contribution in [0.2, 0.25) is 0 Å². The van der Waals surface area contributed by atoms with Crippen molar-refractivity contribution in [1.29, 1.82) is 0 Å². The smallest absolute Gasteiger partial charge is 0.255 e. The van der Waals surface area contributed by atoms with E-state index in [9.17, 15) is 9.90 Å². The Bertz CT molecular complexity index is 1040. The fourth-order valence-corrected chi connectivity index (χ4v) is 5.40. The number of phenolic OH excluding ortho intramolecular Hbond substituents is 1. The highest BCUT2D eigenvalue weighted by molar-refractivity contribution is 5.99. The molecule has 0 saturated heterocycles. The number of hydrogen-bond donors (Lipinski definition) is 2. The summed E-state index contributed by atoms with van der Waals surface area (Å²) in [5.74, 6) is 0.883. The minimum atomic E-state index is -0.326. The Morgan fingerprint density at radius 3 is 2.76 bits per heavy atom. The number of carbonyl (C=O) groups excluding carboxylic acids is 1. The molecule has 2 atom stereocenters. The van der Waals surface area contributed by atoms with Crippen LogP contribution < -0.4 is 10.1 Å². The molecule has 2 aromatic rings. The molecular formula is C28H36N2O3. The van der Waals surface area contributed by atoms with E-state index >= 15 is 0 Å². The Balaban J connectivity index is 1.75. The van der Waals surface area contributed by atoms with Gasteiger partial charge in [-0.15, -0.1) is 0 Å². The number of carbonyl (C=O) groups is 1. The fourth-order valence-electron chi connectivity index (χ4n) is 5.40. The second-order valence-corrected chi connectivity index (χ2v) is 10.1. The molecule has 0 bridgehead atoms. The van der Waals surface area contributed by atoms with Crippen LogP contribution in [0.15, 0.2) is 42.2 Å². The van der Waals surface area contributed by atoms with Gasteiger partial charge in [-0.05, 0) is 75.8 Å². The molecule has 1 amide bonds. The Morgan fingerprint density at radius 2 is 2.03 bits per heavy atom. The molecular weight excluding hydrogens is 412 g/mol. The van der Waals surface area contributed by atoms with E-state index in [1.807, 2.05) is 18.2 Å². The Kier molecular flexibility index (Phi) is 6.78. The molecule has 1 aliphatic heterocycles. The lowest BCUT2D eigenvalue weighted by Crippen LogP contribution is -2.45. The van der Waals surface area contributed by atoms with Gasteiger partial charge in [0.1, 0.15) is 17.1 Å². The zero-order valence-electron chi connectivity index (χ0n) is 20.3. The van der Waals surface area contributed by atoms with Crippen molar-refractivity contribution in [3.8, 4) is 11.5 Å². The van der Waals surface area contributed by atoms with Crippen molar-refractivity contribution < 1.29 is 14.6 Å². The summed E-state index contributed by atoms with van der Waals surface area (Å²) in [5, 5.41) is 14.6. The van der Waals surface area contributed by atoms with Gasteiger partial charge in [0.25, 0.3) is 5.91 Å². The van der Waals surface area contributed by atoms with E-state index < -0.39 is 0 Å². The second-order valence-electron chi connectivity index (χ2n) is 10.1. The number of aromatic hydroxyl groups is 1. The summed E-state index contributed by atoms with van der Waals surface area (Å²) < 4.78 is 6.49. The minimum Gasteiger partial charge on any atom is -0.507 e. The first-order chi connectivity index (χ1) is 15.8. The average Bonchev–Trinajstić information content (AvgIpc) is 2.77. The number of amides is 1. The van der Waals surface area contributed by atoms with Crippen LogP contribution in [0, 0.1) is 5.92 Å². The van der Waals surface area contributed by atoms with Crippen molar-refractivity contribution in [2.24, 2.45) is 5.92 Å². The number of phenols is 1. The third-order valence-electron chi connectivity index (χ3n) is 7.21. The summed E-state index contributed by atoms with van der Waals surface area (Å²) >= 11 is 0. The van der Waals surface area contributed by atoms with Crippen molar-refractivity contribution >= 4 is 5.91 Å². The minimum absolute atomic E-state index is 0.0499. The van der Waals surface area contributed by atoms with Gasteiger partial charge >= 0.3 is 0 Å². The lowest BCUT2D eigenvalue weighted by atomic mass is 9.67. The molecule has 0 saturated carbocycles. The Hall–Kier alpha value is -2.82. The zero-order valence-corrected chi connectivity index (χ0v) is 20.3. The second kappa shape index (κ2) is 9.58. The Labute approximate surface area is 197 Å². The van der Waals surface area contributed by atoms with Gasteiger partial charge in [-0.25, -0.2) is 0 Å². The van der Waals surface area contributed by atoms with Gasteiger partial charge in [0.05, 0.1) is 5.56 Å². The van der Waals surface area contributed by atoms with E-state index in [1.54, 1.807) is 12.4 Å². The van der Waals surface area contributed by atoms with Gasteiger partial charge in [-0.3, -0.25) is 9.78 Å². The maximum Gasteiger partial charge on any atom is 0.255 e. The first-order valence-corrected chi connectivity index (χ1v) is 12.2. The molecule has 0 spiro atoms. The maximum absolute atomic E-state index is 13.4. The van der Waals surface area contributed by atoms with Crippen LogP contribution in [-0.4, -0.2) is 21.6 Å². The van der Waals surface area contributed by atoms with Crippen molar-refractivity contribution in [3.63, 3.8) is 0 Å². The molecule has 0 radical (unpaired) electrons. The standard InChI is InChI=1S/C28H36N2O3/c1-5-6-7-8-20-16-23-25(21-15-18(2)9-10-22(21)28(3,4)33-23)26(31)24(20)27(32)30-17-19-11-13-29-14-12-19/h11-16,21-22,31H,5-10,17H2,1-4H3,(H,30,32)/t21-,22-/m1/s1. The summed E-state index contributed by atoms with van der Waals surface area (Å²) in [4.78, 5) is 17.4. The van der Waals surface area contributed by atoms with Gasteiger partial charge in [-0.2, -0.15) is 0 Å². The number of aromatic nitrogens is 1. The lowest BCUT2D eigenvalue weighted by Gasteiger charge is -2.46. The predicted octanol–water partition coefficient (Wildman–Crippen LogP) is 6.06. The molecule has 0 unspecified atom stereocenters. The zero-order chi connectivity index (χ0) is 23.6. The van der Waals surface area contributed by atoms with E-state index in [0.29, 0.717) is 12.1 Å². The van der Waals surface area contributed by atoms with Crippen LogP contribution in [-0.2, 0) is 13.0 Å². The SMILES string of the molecule is CCCCCc1cc2c(c(O)c1C(=O)NCc1ccncc1)[C@@H]1C=C(C)CC[C@H]1C(C)(C)O2. The van der Waals surface area contributed by atoms with E-state index in [-0.39, 0.29) is 29.1 Å². The van der Waals surface area contributed by atoms with Crippen LogP contribution in [0.4, 0.5) is 0 Å². The number of unbranched alkanes of at least 4 members (excludes halogenated alkanes) is 2. The largest absolute Gasteiger partial charge is 0.507 e. The van der Waals surface area contributed by atoms with Crippen LogP contribution in [0.1, 0.15) is 92.8 Å². The summed E-state index contributed by atoms with van der Waals surface area (Å²) in [6.07, 6.45) is 11.6. The topological polar surface area (TPSA) is 71.5 Å². The van der Waals surface area contributed by atoms with Crippen LogP contribution in [0.5, 0.6) is 11.5 Å². The van der Waals surface area contributed by atoms with Crippen LogP contribution in [0.25, 0.3) is 0 Å². The van der Waals surface area contributed by atoms with Gasteiger partial charge in [0, 0.05) is 36.3 Å². The summed E-state index contributed by atoms with van der Waals surface area (Å²) in [6, 6.07) is 5.78. The quantitative estimate of drug-likeness (QED) is 0.399. The summed E-state index contributed by atoms with van der Waals surface area (Å²) in [6.45, 7) is 8.99. The third kappa shape index (κ3) is 4.78. The fraction of sp³-hybridized carbons (Fsp3) is 0.500. The molecule has 2 aliphatic rings. The van der Waals surface area contributed by atoms with Gasteiger partial charge in [0.15, 0.2) is 0 Å². The first-order valence-electron chi connectivity index (χ1n) is 12.2. The summed E-state index contributed by atoms with van der Waals surface area (Å²) in [5.41, 5.74) is 4.00. The van der Waals surface area contributed by atoms with Crippen molar-refractivity contribution in [2.45, 2.75) is 84.3 Å². The van der Waals surface area contributed by atoms with E-state index in [4.69, 9.17) is 4.74 Å². The molecule has 33 heavy (non-hydrogen) atoms. The number of pyridine rings is 1. The number of rotatable bonds is 7. The number of ether oxygens (including phenoxy) is 1. The molecule has 2 heterocycles. The van der Waals surface area contributed by atoms with Gasteiger partial charge < -0.3 is 15.2 Å². The number of hydrogen-bond acceptors (Lipinski definition) is 4. The highest BCUT2D eigenvalue weighted by Crippen LogP contribution is 2.54. The average molecular weight is 449 g/mol. The molecule has 4 rings (SSSR count). The van der Waals surface area contributed by atoms with Crippen molar-refractivity contribution in [2.75, 3.05) is 0 Å². The normalized spacial score (nSPS) is 20.8. The summed E-state index contributed by atoms with van der Waals surface area (Å²) in [7, 11) is 0. The van der Waals surface area contributed by atoms with Gasteiger partial charge in [0.2, 0.25) is 0 Å². The highest BCUT2D eigenvalue weighted by atomic mass is 16.5. The number of benzene rings is 1. The third-order valence-corrected chi connectivity index (χ3v) is 7.21. The number of allylic oxidation sites excluding steroid dienone is 2. The van der Waals surface area contributed by atoms with Gasteiger partial charge in [-0.1, -0.05) is 31.4 Å². The van der Waals surface area contributed by atoms with Crippen LogP contribution in [0.3, 0.4) is 0 Å². The first kappa shape index (κ1) is 23.3. The molecule has 2 N–H and O–H groups in total. The molecule has 176 valence electrons. The number of fused-ring (bicyclic) bond motifs is 3. The molecule has 5 heteroatoms. The molecule has 0 fully saturated rings. The number of aryl methyl sites for hydroxylation is 1. The lowest BCUT2D eigenvalue weighted by molar-refractivity contribution is 0.0107. The molecule has 1 aromatic carbocycles. The predicted molar refractivity (Wildman–Crippen MR) is 131 cm³/mol. The maximum atomic E-state index is 13.4. The van der Waals surface area contributed by atoms with E-state index in [0.717, 1.165) is 61.0 Å². The Morgan fingerprint density at radius 1 is 1.27 bits per heavy atom. The number of nitrogens with zero attached hydrogens (tertiary/aromatic N) is 1. The number of nitrogens with one attached hydrogen (secondary N) is 1. The van der Waals surface area contributed by atoms with Crippen molar-refractivity contribution in [1.82, 2.24) is 10.3 Å². The molecule has 1 aliphatic carbocycles.